The van der Waals surface area contributed by atoms with Crippen LogP contribution in [0.15, 0.2) is 82.0 Å². The Morgan fingerprint density at radius 1 is 0.889 bits per heavy atom. The number of hydrogen-bond acceptors (Lipinski definition) is 1. The van der Waals surface area contributed by atoms with Crippen molar-refractivity contribution in [1.29, 1.82) is 0 Å². The van der Waals surface area contributed by atoms with Crippen molar-refractivity contribution in [1.82, 2.24) is 0 Å². The van der Waals surface area contributed by atoms with Crippen molar-refractivity contribution in [3.05, 3.63) is 82.0 Å². The van der Waals surface area contributed by atoms with Crippen molar-refractivity contribution in [2.75, 3.05) is 0 Å². The van der Waals surface area contributed by atoms with E-state index in [-0.39, 0.29) is 5.41 Å². The summed E-state index contributed by atoms with van der Waals surface area (Å²) in [6.45, 7) is 15.3. The van der Waals surface area contributed by atoms with Crippen LogP contribution in [0.1, 0.15) is 119 Å². The highest BCUT2D eigenvalue weighted by Gasteiger charge is 2.30. The van der Waals surface area contributed by atoms with Crippen molar-refractivity contribution in [3.8, 4) is 0 Å². The number of aliphatic carboxylic acids is 1. The van der Waals surface area contributed by atoms with Gasteiger partial charge in [-0.2, -0.15) is 0 Å². The van der Waals surface area contributed by atoms with Crippen molar-refractivity contribution in [2.24, 2.45) is 5.41 Å². The van der Waals surface area contributed by atoms with Crippen molar-refractivity contribution in [2.45, 2.75) is 119 Å². The summed E-state index contributed by atoms with van der Waals surface area (Å²) in [6, 6.07) is 0. The fraction of sp³-hybridized carbons (Fsp3) is 0.559. The Bertz CT molecular complexity index is 913. The molecule has 0 spiro atoms. The summed E-state index contributed by atoms with van der Waals surface area (Å²) >= 11 is 0. The van der Waals surface area contributed by atoms with E-state index in [1.807, 2.05) is 12.2 Å². The van der Waals surface area contributed by atoms with E-state index in [4.69, 9.17) is 5.11 Å². The van der Waals surface area contributed by atoms with Gasteiger partial charge in [0.05, 0.1) is 0 Å². The van der Waals surface area contributed by atoms with Crippen molar-refractivity contribution >= 4 is 5.97 Å². The fourth-order valence-electron chi connectivity index (χ4n) is 5.08. The van der Waals surface area contributed by atoms with Gasteiger partial charge in [0.1, 0.15) is 0 Å². The predicted octanol–water partition coefficient (Wildman–Crippen LogP) is 10.6. The zero-order valence-electron chi connectivity index (χ0n) is 24.3. The van der Waals surface area contributed by atoms with E-state index >= 15 is 0 Å². The second-order valence-electron chi connectivity index (χ2n) is 11.2. The normalized spacial score (nSPS) is 18.1. The molecule has 0 radical (unpaired) electrons. The molecule has 2 nitrogen and oxygen atoms in total. The van der Waals surface area contributed by atoms with Crippen LogP contribution in [0.4, 0.5) is 0 Å². The van der Waals surface area contributed by atoms with E-state index in [0.717, 1.165) is 5.57 Å². The Morgan fingerprint density at radius 2 is 1.50 bits per heavy atom. The molecular weight excluding hydrogens is 440 g/mol. The molecule has 0 aromatic heterocycles. The van der Waals surface area contributed by atoms with Crippen molar-refractivity contribution in [3.63, 3.8) is 0 Å². The fourth-order valence-corrected chi connectivity index (χ4v) is 5.08. The molecule has 0 unspecified atom stereocenters. The summed E-state index contributed by atoms with van der Waals surface area (Å²) < 4.78 is 0. The summed E-state index contributed by atoms with van der Waals surface area (Å²) in [6.07, 6.45) is 30.5. The molecule has 0 heterocycles. The average molecular weight is 493 g/mol. The van der Waals surface area contributed by atoms with Crippen LogP contribution in [-0.2, 0) is 4.79 Å². The third kappa shape index (κ3) is 12.6. The van der Waals surface area contributed by atoms with Gasteiger partial charge < -0.3 is 5.11 Å². The standard InChI is InChI=1S/C34H52O2/c1-8-9-10-11-12-13-14-24-31(32-29(4)23-18-25-34(32,6)7)26-28(3)21-17-20-27(2)19-15-16-22-30(5)33(35)36/h15-17,19-22,26H,8-14,18,23-25H2,1-7H3,(H,35,36)/b16-15+,20-17+,27-19+,28-21+,30-22+,31-26+. The molecule has 0 bridgehead atoms. The Kier molecular flexibility index (Phi) is 15.1. The highest BCUT2D eigenvalue weighted by Crippen LogP contribution is 2.45. The molecule has 200 valence electrons. The van der Waals surface area contributed by atoms with Gasteiger partial charge in [0, 0.05) is 5.57 Å². The van der Waals surface area contributed by atoms with Crippen LogP contribution in [0, 0.1) is 5.41 Å². The first-order valence-electron chi connectivity index (χ1n) is 14.1. The van der Waals surface area contributed by atoms with E-state index in [1.54, 1.807) is 35.8 Å². The molecule has 0 aromatic rings. The van der Waals surface area contributed by atoms with Crippen LogP contribution < -0.4 is 0 Å². The second kappa shape index (κ2) is 17.2. The third-order valence-electron chi connectivity index (χ3n) is 7.10. The molecule has 0 saturated carbocycles. The largest absolute Gasteiger partial charge is 0.478 e. The highest BCUT2D eigenvalue weighted by molar-refractivity contribution is 5.86. The minimum Gasteiger partial charge on any atom is -0.478 e. The average Bonchev–Trinajstić information content (AvgIpc) is 2.80. The Balaban J connectivity index is 2.95. The quantitative estimate of drug-likeness (QED) is 0.140. The van der Waals surface area contributed by atoms with Crippen LogP contribution in [0.2, 0.25) is 0 Å². The second-order valence-corrected chi connectivity index (χ2v) is 11.2. The SMILES string of the molecule is CCCCCCCCC\C(=C/C(C)=C/C=C/C(C)=C/C=C/C=C(\C)C(=O)O)C1=C(C)CCCC1(C)C. The predicted molar refractivity (Wildman–Crippen MR) is 158 cm³/mol. The first kappa shape index (κ1) is 31.7. The zero-order chi connectivity index (χ0) is 27.0. The summed E-state index contributed by atoms with van der Waals surface area (Å²) in [5, 5.41) is 8.90. The lowest BCUT2D eigenvalue weighted by Gasteiger charge is -2.36. The van der Waals surface area contributed by atoms with Crippen molar-refractivity contribution < 1.29 is 9.90 Å². The zero-order valence-corrected chi connectivity index (χ0v) is 24.3. The number of carboxylic acids is 1. The van der Waals surface area contributed by atoms with Gasteiger partial charge in [-0.15, -0.1) is 0 Å². The maximum Gasteiger partial charge on any atom is 0.331 e. The van der Waals surface area contributed by atoms with E-state index in [2.05, 4.69) is 65.8 Å². The van der Waals surface area contributed by atoms with Gasteiger partial charge in [0.25, 0.3) is 0 Å². The van der Waals surface area contributed by atoms with Crippen LogP contribution in [0.25, 0.3) is 0 Å². The van der Waals surface area contributed by atoms with Crippen LogP contribution in [0.5, 0.6) is 0 Å². The topological polar surface area (TPSA) is 37.3 Å². The molecule has 0 atom stereocenters. The minimum atomic E-state index is -0.886. The molecule has 0 saturated heterocycles. The Labute approximate surface area is 222 Å². The number of carbonyl (C=O) groups is 1. The molecule has 0 fully saturated rings. The number of rotatable bonds is 15. The van der Waals surface area contributed by atoms with E-state index in [1.165, 1.54) is 76.2 Å². The molecular formula is C34H52O2. The number of allylic oxidation sites excluding steroid dienone is 13. The molecule has 0 aromatic carbocycles. The van der Waals surface area contributed by atoms with Gasteiger partial charge in [-0.1, -0.05) is 125 Å². The monoisotopic (exact) mass is 492 g/mol. The van der Waals surface area contributed by atoms with Crippen LogP contribution in [0.3, 0.4) is 0 Å². The van der Waals surface area contributed by atoms with Gasteiger partial charge in [-0.25, -0.2) is 4.79 Å². The van der Waals surface area contributed by atoms with Crippen LogP contribution in [-0.4, -0.2) is 11.1 Å². The number of carboxylic acid groups (broad SMARTS) is 1. The molecule has 0 amide bonds. The number of hydrogen-bond donors (Lipinski definition) is 1. The maximum atomic E-state index is 10.8. The summed E-state index contributed by atoms with van der Waals surface area (Å²) in [5.74, 6) is -0.886. The number of unbranched alkanes of at least 4 members (excludes halogenated alkanes) is 6. The molecule has 1 aliphatic rings. The lowest BCUT2D eigenvalue weighted by molar-refractivity contribution is -0.132. The smallest absolute Gasteiger partial charge is 0.331 e. The van der Waals surface area contributed by atoms with Gasteiger partial charge in [-0.05, 0) is 76.4 Å². The van der Waals surface area contributed by atoms with Gasteiger partial charge in [0.15, 0.2) is 0 Å². The van der Waals surface area contributed by atoms with Gasteiger partial charge in [-0.3, -0.25) is 0 Å². The highest BCUT2D eigenvalue weighted by atomic mass is 16.4. The molecule has 1 N–H and O–H groups in total. The van der Waals surface area contributed by atoms with E-state index in [0.29, 0.717) is 5.57 Å². The summed E-state index contributed by atoms with van der Waals surface area (Å²) in [4.78, 5) is 10.8. The molecule has 36 heavy (non-hydrogen) atoms. The van der Waals surface area contributed by atoms with E-state index in [9.17, 15) is 4.79 Å². The lowest BCUT2D eigenvalue weighted by atomic mass is 9.69. The van der Waals surface area contributed by atoms with E-state index < -0.39 is 5.97 Å². The Hall–Kier alpha value is -2.35. The molecule has 0 aliphatic heterocycles. The molecule has 1 rings (SSSR count). The lowest BCUT2D eigenvalue weighted by Crippen LogP contribution is -2.22. The van der Waals surface area contributed by atoms with Crippen LogP contribution >= 0.6 is 0 Å². The Morgan fingerprint density at radius 3 is 2.14 bits per heavy atom. The maximum absolute atomic E-state index is 10.8. The van der Waals surface area contributed by atoms with Gasteiger partial charge in [0.2, 0.25) is 0 Å². The first-order chi connectivity index (χ1) is 17.1. The molecule has 2 heteroatoms. The minimum absolute atomic E-state index is 0.254. The summed E-state index contributed by atoms with van der Waals surface area (Å²) in [5.41, 5.74) is 7.74. The third-order valence-corrected chi connectivity index (χ3v) is 7.10. The molecule has 1 aliphatic carbocycles. The van der Waals surface area contributed by atoms with Gasteiger partial charge >= 0.3 is 5.97 Å². The first-order valence-corrected chi connectivity index (χ1v) is 14.1. The summed E-state index contributed by atoms with van der Waals surface area (Å²) in [7, 11) is 0.